The Hall–Kier alpha value is -6.16. The van der Waals surface area contributed by atoms with Crippen molar-refractivity contribution >= 4 is 63.3 Å². The van der Waals surface area contributed by atoms with Crippen LogP contribution in [0.2, 0.25) is 0 Å². The van der Waals surface area contributed by atoms with E-state index in [1.807, 2.05) is 46.1 Å². The highest BCUT2D eigenvalue weighted by atomic mass is 16.5. The van der Waals surface area contributed by atoms with Crippen LogP contribution in [0.15, 0.2) is 54.7 Å². The fraction of sp³-hybridized carbons (Fsp3) is 0.478. The Kier molecular flexibility index (Phi) is 10.3. The van der Waals surface area contributed by atoms with Crippen LogP contribution in [-0.2, 0) is 19.1 Å². The van der Waals surface area contributed by atoms with E-state index in [2.05, 4.69) is 20.1 Å². The second-order valence-corrected chi connectivity index (χ2v) is 17.8. The number of piperidine rings is 2. The van der Waals surface area contributed by atoms with Gasteiger partial charge in [0.05, 0.1) is 61.2 Å². The number of ether oxygens (including phenoxy) is 2. The molecule has 322 valence electrons. The lowest BCUT2D eigenvalue weighted by Crippen LogP contribution is -2.51. The molecule has 4 aliphatic heterocycles. The molecule has 4 amide bonds. The standard InChI is InChI=1S/C46H50N8O8/c1-61-40-24-36-29(21-37(40)48-42(57)35-3-2-4-41(47-35)51-17-19-62-20-18-51)27-53(49-36)31-25-46(26-31)11-15-52(16-12-46)43(58)28-9-13-50(14-10-28)30-5-7-33-34(22-30)45(60)54(44(33)59)38-8-6-32(55)23-39(38)56/h2-5,7,21-22,24,27-28,31,38H,6,8-20,23,25-26H2,1H3,(H,48,57). The van der Waals surface area contributed by atoms with Crippen molar-refractivity contribution in [2.24, 2.45) is 11.3 Å². The third-order valence-corrected chi connectivity index (χ3v) is 14.1. The van der Waals surface area contributed by atoms with Gasteiger partial charge in [0.15, 0.2) is 5.78 Å². The van der Waals surface area contributed by atoms with Gasteiger partial charge in [0.2, 0.25) is 5.91 Å². The number of benzene rings is 2. The second-order valence-electron chi connectivity index (χ2n) is 17.8. The second kappa shape index (κ2) is 15.9. The number of methoxy groups -OCH3 is 1. The minimum absolute atomic E-state index is 0.0673. The molecule has 10 rings (SSSR count). The number of nitrogens with zero attached hydrogens (tertiary/aromatic N) is 7. The first-order chi connectivity index (χ1) is 30.1. The number of imide groups is 1. The number of amides is 4. The van der Waals surface area contributed by atoms with E-state index in [1.165, 1.54) is 0 Å². The summed E-state index contributed by atoms with van der Waals surface area (Å²) in [4.78, 5) is 90.1. The predicted molar refractivity (Wildman–Crippen MR) is 228 cm³/mol. The number of nitrogens with one attached hydrogen (secondary N) is 1. The van der Waals surface area contributed by atoms with E-state index in [0.29, 0.717) is 56.3 Å². The number of aromatic nitrogens is 3. The van der Waals surface area contributed by atoms with Crippen molar-refractivity contribution in [1.82, 2.24) is 24.6 Å². The van der Waals surface area contributed by atoms with Crippen LogP contribution in [-0.4, -0.2) is 125 Å². The van der Waals surface area contributed by atoms with Crippen molar-refractivity contribution in [3.63, 3.8) is 0 Å². The smallest absolute Gasteiger partial charge is 0.274 e. The van der Waals surface area contributed by atoms with E-state index < -0.39 is 17.9 Å². The summed E-state index contributed by atoms with van der Waals surface area (Å²) in [5.74, 6) is -0.412. The Bertz CT molecular complexity index is 2490. The molecule has 1 atom stereocenters. The maximum Gasteiger partial charge on any atom is 0.274 e. The molecule has 5 fully saturated rings. The fourth-order valence-electron chi connectivity index (χ4n) is 10.5. The zero-order chi connectivity index (χ0) is 42.7. The molecule has 2 aliphatic carbocycles. The molecule has 6 heterocycles. The summed E-state index contributed by atoms with van der Waals surface area (Å²) in [7, 11) is 1.58. The Labute approximate surface area is 358 Å². The Morgan fingerprint density at radius 3 is 2.35 bits per heavy atom. The monoisotopic (exact) mass is 842 g/mol. The predicted octanol–water partition coefficient (Wildman–Crippen LogP) is 4.68. The molecule has 1 N–H and O–H groups in total. The molecule has 4 aromatic rings. The molecule has 16 nitrogen and oxygen atoms in total. The highest BCUT2D eigenvalue weighted by molar-refractivity contribution is 6.24. The average Bonchev–Trinajstić information content (AvgIpc) is 3.81. The van der Waals surface area contributed by atoms with Gasteiger partial charge in [-0.3, -0.25) is 38.3 Å². The molecule has 2 aromatic carbocycles. The molecular weight excluding hydrogens is 793 g/mol. The number of Topliss-reactive ketones (excluding diaryl/α,β-unsaturated/α-hetero) is 2. The third kappa shape index (κ3) is 7.27. The summed E-state index contributed by atoms with van der Waals surface area (Å²) >= 11 is 0. The maximum absolute atomic E-state index is 13.8. The fourth-order valence-corrected chi connectivity index (χ4v) is 10.5. The number of anilines is 3. The molecule has 3 saturated heterocycles. The van der Waals surface area contributed by atoms with Crippen molar-refractivity contribution in [2.75, 3.05) is 74.7 Å². The number of carbonyl (C=O) groups excluding carboxylic acids is 6. The number of hydrogen-bond acceptors (Lipinski definition) is 12. The van der Waals surface area contributed by atoms with E-state index in [1.54, 1.807) is 25.3 Å². The van der Waals surface area contributed by atoms with Crippen molar-refractivity contribution < 1.29 is 38.2 Å². The highest BCUT2D eigenvalue weighted by Crippen LogP contribution is 2.55. The molecular formula is C46H50N8O8. The molecule has 2 saturated carbocycles. The number of likely N-dealkylation sites (tertiary alicyclic amines) is 1. The number of morpholine rings is 1. The lowest BCUT2D eigenvalue weighted by molar-refractivity contribution is -0.140. The van der Waals surface area contributed by atoms with Gasteiger partial charge in [-0.2, -0.15) is 5.10 Å². The van der Waals surface area contributed by atoms with Crippen LogP contribution in [0.25, 0.3) is 10.9 Å². The van der Waals surface area contributed by atoms with Gasteiger partial charge in [0.25, 0.3) is 17.7 Å². The summed E-state index contributed by atoms with van der Waals surface area (Å²) < 4.78 is 13.2. The quantitative estimate of drug-likeness (QED) is 0.192. The van der Waals surface area contributed by atoms with Gasteiger partial charge in [0.1, 0.15) is 23.0 Å². The minimum atomic E-state index is -0.894. The van der Waals surface area contributed by atoms with Crippen molar-refractivity contribution in [1.29, 1.82) is 0 Å². The van der Waals surface area contributed by atoms with E-state index in [0.717, 1.165) is 79.2 Å². The van der Waals surface area contributed by atoms with E-state index >= 15 is 0 Å². The lowest BCUT2D eigenvalue weighted by atomic mass is 9.60. The molecule has 16 heteroatoms. The summed E-state index contributed by atoms with van der Waals surface area (Å²) in [5, 5.41) is 8.83. The SMILES string of the molecule is COc1cc2nn(C3CC4(CCN(C(=O)C5CCN(c6ccc7c(c6)C(=O)N(C6CCC(=O)CC6=O)C7=O)CC5)CC4)C3)cc2cc1NC(=O)c1cccc(N2CCOCC2)n1. The molecule has 0 radical (unpaired) electrons. The maximum atomic E-state index is 13.8. The zero-order valence-electron chi connectivity index (χ0n) is 34.8. The first-order valence-electron chi connectivity index (χ1n) is 21.8. The highest BCUT2D eigenvalue weighted by Gasteiger charge is 2.48. The normalized spacial score (nSPS) is 22.0. The molecule has 1 unspecified atom stereocenters. The van der Waals surface area contributed by atoms with Crippen LogP contribution in [0, 0.1) is 11.3 Å². The van der Waals surface area contributed by atoms with Crippen LogP contribution >= 0.6 is 0 Å². The van der Waals surface area contributed by atoms with Crippen LogP contribution in [0.3, 0.4) is 0 Å². The van der Waals surface area contributed by atoms with Gasteiger partial charge in [-0.1, -0.05) is 6.07 Å². The van der Waals surface area contributed by atoms with Crippen LogP contribution < -0.4 is 19.9 Å². The number of carbonyl (C=O) groups is 6. The van der Waals surface area contributed by atoms with Gasteiger partial charge >= 0.3 is 0 Å². The van der Waals surface area contributed by atoms with Gasteiger partial charge in [-0.25, -0.2) is 4.98 Å². The number of pyridine rings is 1. The first kappa shape index (κ1) is 39.9. The minimum Gasteiger partial charge on any atom is -0.494 e. The summed E-state index contributed by atoms with van der Waals surface area (Å²) in [6, 6.07) is 13.8. The van der Waals surface area contributed by atoms with Crippen LogP contribution in [0.1, 0.15) is 95.0 Å². The van der Waals surface area contributed by atoms with Crippen molar-refractivity contribution in [3.05, 3.63) is 71.5 Å². The van der Waals surface area contributed by atoms with Gasteiger partial charge in [-0.15, -0.1) is 0 Å². The number of fused-ring (bicyclic) bond motifs is 2. The molecule has 2 aromatic heterocycles. The van der Waals surface area contributed by atoms with Crippen LogP contribution in [0.5, 0.6) is 5.75 Å². The zero-order valence-corrected chi connectivity index (χ0v) is 34.8. The molecule has 62 heavy (non-hydrogen) atoms. The number of ketones is 2. The van der Waals surface area contributed by atoms with E-state index in [-0.39, 0.29) is 71.1 Å². The number of hydrogen-bond donors (Lipinski definition) is 1. The topological polar surface area (TPSA) is 177 Å². The largest absolute Gasteiger partial charge is 0.494 e. The Morgan fingerprint density at radius 2 is 1.61 bits per heavy atom. The van der Waals surface area contributed by atoms with Crippen LogP contribution in [0.4, 0.5) is 17.2 Å². The summed E-state index contributed by atoms with van der Waals surface area (Å²) in [6.07, 6.45) is 7.47. The van der Waals surface area contributed by atoms with Gasteiger partial charge < -0.3 is 29.5 Å². The number of rotatable bonds is 8. The first-order valence-corrected chi connectivity index (χ1v) is 21.8. The van der Waals surface area contributed by atoms with Gasteiger partial charge in [-0.05, 0) is 86.8 Å². The molecule has 1 spiro atoms. The molecule has 6 aliphatic rings. The van der Waals surface area contributed by atoms with Crippen molar-refractivity contribution in [2.45, 2.75) is 69.9 Å². The Morgan fingerprint density at radius 1 is 0.855 bits per heavy atom. The average molecular weight is 843 g/mol. The summed E-state index contributed by atoms with van der Waals surface area (Å²) in [5.41, 5.74) is 3.23. The third-order valence-electron chi connectivity index (χ3n) is 14.1. The Balaban J connectivity index is 0.715. The van der Waals surface area contributed by atoms with Gasteiger partial charge in [0, 0.05) is 74.9 Å². The molecule has 0 bridgehead atoms. The van der Waals surface area contributed by atoms with E-state index in [9.17, 15) is 28.8 Å². The van der Waals surface area contributed by atoms with Crippen molar-refractivity contribution in [3.8, 4) is 5.75 Å². The lowest BCUT2D eigenvalue weighted by Gasteiger charge is -2.52. The summed E-state index contributed by atoms with van der Waals surface area (Å²) in [6.45, 7) is 5.51. The van der Waals surface area contributed by atoms with E-state index in [4.69, 9.17) is 14.6 Å².